The van der Waals surface area contributed by atoms with Crippen molar-refractivity contribution in [1.29, 1.82) is 0 Å². The molecule has 4 rings (SSSR count). The van der Waals surface area contributed by atoms with Gasteiger partial charge in [0.05, 0.1) is 17.3 Å². The smallest absolute Gasteiger partial charge is 0.251 e. The van der Waals surface area contributed by atoms with Crippen molar-refractivity contribution in [2.45, 2.75) is 78.4 Å². The summed E-state index contributed by atoms with van der Waals surface area (Å²) in [7, 11) is 0. The zero-order valence-electron chi connectivity index (χ0n) is 21.1. The first-order valence-corrected chi connectivity index (χ1v) is 12.4. The SMILES string of the molecule is CCc1nc2c(cnn2CC)c(NC2CCOCC2)c1CNC(=O)c1ccc(C(C)(C)C)cc1. The molecule has 0 atom stereocenters. The molecule has 1 aliphatic rings. The average molecular weight is 464 g/mol. The monoisotopic (exact) mass is 463 g/mol. The zero-order chi connectivity index (χ0) is 24.3. The number of aromatic nitrogens is 3. The van der Waals surface area contributed by atoms with Crippen LogP contribution in [0, 0.1) is 0 Å². The van der Waals surface area contributed by atoms with E-state index < -0.39 is 0 Å². The van der Waals surface area contributed by atoms with E-state index in [9.17, 15) is 4.79 Å². The molecule has 7 nitrogen and oxygen atoms in total. The second kappa shape index (κ2) is 10.1. The summed E-state index contributed by atoms with van der Waals surface area (Å²) in [5.74, 6) is -0.0797. The van der Waals surface area contributed by atoms with Crippen LogP contribution in [0.1, 0.15) is 74.6 Å². The van der Waals surface area contributed by atoms with Crippen LogP contribution in [0.2, 0.25) is 0 Å². The molecular weight excluding hydrogens is 426 g/mol. The van der Waals surface area contributed by atoms with Gasteiger partial charge in [-0.05, 0) is 49.3 Å². The maximum absolute atomic E-state index is 13.0. The largest absolute Gasteiger partial charge is 0.381 e. The fraction of sp³-hybridized carbons (Fsp3) is 0.519. The van der Waals surface area contributed by atoms with Gasteiger partial charge in [0.15, 0.2) is 5.65 Å². The number of nitrogens with zero attached hydrogens (tertiary/aromatic N) is 3. The lowest BCUT2D eigenvalue weighted by atomic mass is 9.87. The highest BCUT2D eigenvalue weighted by Gasteiger charge is 2.22. The van der Waals surface area contributed by atoms with Gasteiger partial charge in [-0.1, -0.05) is 39.8 Å². The van der Waals surface area contributed by atoms with Crippen LogP contribution in [0.3, 0.4) is 0 Å². The van der Waals surface area contributed by atoms with Crippen molar-refractivity contribution in [2.24, 2.45) is 0 Å². The topological polar surface area (TPSA) is 81.1 Å². The van der Waals surface area contributed by atoms with Crippen LogP contribution in [0.25, 0.3) is 11.0 Å². The van der Waals surface area contributed by atoms with E-state index >= 15 is 0 Å². The first kappa shape index (κ1) is 24.2. The lowest BCUT2D eigenvalue weighted by Gasteiger charge is -2.26. The molecule has 1 aliphatic heterocycles. The third-order valence-electron chi connectivity index (χ3n) is 6.61. The normalized spacial score (nSPS) is 15.0. The summed E-state index contributed by atoms with van der Waals surface area (Å²) in [6, 6.07) is 8.22. The highest BCUT2D eigenvalue weighted by molar-refractivity contribution is 5.95. The van der Waals surface area contributed by atoms with Crippen molar-refractivity contribution in [1.82, 2.24) is 20.1 Å². The molecule has 0 aliphatic carbocycles. The number of carbonyl (C=O) groups excluding carboxylic acids is 1. The molecule has 1 aromatic carbocycles. The Bertz CT molecular complexity index is 1140. The fourth-order valence-corrected chi connectivity index (χ4v) is 4.49. The van der Waals surface area contributed by atoms with Crippen LogP contribution in [-0.4, -0.2) is 39.9 Å². The third-order valence-corrected chi connectivity index (χ3v) is 6.61. The van der Waals surface area contributed by atoms with Crippen LogP contribution in [0.5, 0.6) is 0 Å². The Labute approximate surface area is 202 Å². The van der Waals surface area contributed by atoms with Crippen molar-refractivity contribution in [3.63, 3.8) is 0 Å². The minimum absolute atomic E-state index is 0.0553. The van der Waals surface area contributed by atoms with Gasteiger partial charge in [0.25, 0.3) is 5.91 Å². The van der Waals surface area contributed by atoms with E-state index in [0.717, 1.165) is 67.0 Å². The average Bonchev–Trinajstić information content (AvgIpc) is 3.26. The van der Waals surface area contributed by atoms with Gasteiger partial charge in [0.1, 0.15) is 0 Å². The number of benzene rings is 1. The van der Waals surface area contributed by atoms with Gasteiger partial charge in [-0.2, -0.15) is 5.10 Å². The summed E-state index contributed by atoms with van der Waals surface area (Å²) in [5.41, 5.74) is 5.89. The van der Waals surface area contributed by atoms with Gasteiger partial charge in [0.2, 0.25) is 0 Å². The summed E-state index contributed by atoms with van der Waals surface area (Å²) in [4.78, 5) is 18.0. The number of anilines is 1. The lowest BCUT2D eigenvalue weighted by molar-refractivity contribution is 0.0904. The molecule has 182 valence electrons. The highest BCUT2D eigenvalue weighted by Crippen LogP contribution is 2.31. The van der Waals surface area contributed by atoms with Gasteiger partial charge in [-0.25, -0.2) is 9.67 Å². The van der Waals surface area contributed by atoms with Crippen molar-refractivity contribution >= 4 is 22.6 Å². The van der Waals surface area contributed by atoms with Crippen LogP contribution in [0.15, 0.2) is 30.5 Å². The maximum Gasteiger partial charge on any atom is 0.251 e. The number of pyridine rings is 1. The molecule has 2 N–H and O–H groups in total. The maximum atomic E-state index is 13.0. The Morgan fingerprint density at radius 1 is 1.15 bits per heavy atom. The minimum atomic E-state index is -0.0797. The number of carbonyl (C=O) groups is 1. The predicted octanol–water partition coefficient (Wildman–Crippen LogP) is 4.83. The Hall–Kier alpha value is -2.93. The quantitative estimate of drug-likeness (QED) is 0.524. The Balaban J connectivity index is 1.63. The first-order chi connectivity index (χ1) is 16.3. The number of hydrogen-bond acceptors (Lipinski definition) is 5. The van der Waals surface area contributed by atoms with Crippen LogP contribution in [0.4, 0.5) is 5.69 Å². The predicted molar refractivity (Wildman–Crippen MR) is 136 cm³/mol. The minimum Gasteiger partial charge on any atom is -0.381 e. The molecule has 0 radical (unpaired) electrons. The van der Waals surface area contributed by atoms with Crippen molar-refractivity contribution < 1.29 is 9.53 Å². The molecule has 34 heavy (non-hydrogen) atoms. The summed E-state index contributed by atoms with van der Waals surface area (Å²) in [6.45, 7) is 13.4. The van der Waals surface area contributed by atoms with Gasteiger partial charge in [0, 0.05) is 49.2 Å². The summed E-state index contributed by atoms with van der Waals surface area (Å²) < 4.78 is 7.49. The van der Waals surface area contributed by atoms with Crippen molar-refractivity contribution in [3.05, 3.63) is 52.8 Å². The lowest BCUT2D eigenvalue weighted by Crippen LogP contribution is -2.30. The fourth-order valence-electron chi connectivity index (χ4n) is 4.49. The highest BCUT2D eigenvalue weighted by atomic mass is 16.5. The van der Waals surface area contributed by atoms with E-state index in [2.05, 4.69) is 50.4 Å². The molecule has 1 fully saturated rings. The Morgan fingerprint density at radius 2 is 1.85 bits per heavy atom. The van der Waals surface area contributed by atoms with Crippen LogP contribution >= 0.6 is 0 Å². The molecular formula is C27H37N5O2. The van der Waals surface area contributed by atoms with Gasteiger partial charge >= 0.3 is 0 Å². The van der Waals surface area contributed by atoms with Gasteiger partial charge < -0.3 is 15.4 Å². The van der Waals surface area contributed by atoms with Gasteiger partial charge in [-0.15, -0.1) is 0 Å². The molecule has 0 bridgehead atoms. The molecule has 3 heterocycles. The number of nitrogens with one attached hydrogen (secondary N) is 2. The van der Waals surface area contributed by atoms with Gasteiger partial charge in [-0.3, -0.25) is 4.79 Å². The molecule has 0 unspecified atom stereocenters. The molecule has 0 saturated carbocycles. The van der Waals surface area contributed by atoms with E-state index in [-0.39, 0.29) is 11.3 Å². The number of amides is 1. The van der Waals surface area contributed by atoms with E-state index in [1.807, 2.05) is 35.1 Å². The second-order valence-electron chi connectivity index (χ2n) is 10.0. The summed E-state index contributed by atoms with van der Waals surface area (Å²) in [6.07, 6.45) is 4.58. The number of hydrogen-bond donors (Lipinski definition) is 2. The van der Waals surface area contributed by atoms with Crippen LogP contribution < -0.4 is 10.6 Å². The number of fused-ring (bicyclic) bond motifs is 1. The second-order valence-corrected chi connectivity index (χ2v) is 10.0. The standard InChI is InChI=1S/C27H37N5O2/c1-6-23-21(16-28-26(33)18-8-10-19(11-9-18)27(3,4)5)24(30-20-12-14-34-15-13-20)22-17-29-32(7-2)25(22)31-23/h8-11,17,20H,6-7,12-16H2,1-5H3,(H,28,33)(H,30,31). The zero-order valence-corrected chi connectivity index (χ0v) is 21.1. The third kappa shape index (κ3) is 5.09. The number of ether oxygens (including phenoxy) is 1. The Kier molecular flexibility index (Phi) is 7.22. The van der Waals surface area contributed by atoms with E-state index in [1.165, 1.54) is 5.56 Å². The van der Waals surface area contributed by atoms with Crippen molar-refractivity contribution in [2.75, 3.05) is 18.5 Å². The molecule has 1 amide bonds. The molecule has 7 heteroatoms. The number of rotatable bonds is 7. The van der Waals surface area contributed by atoms with Crippen LogP contribution in [-0.2, 0) is 29.7 Å². The molecule has 2 aromatic heterocycles. The summed E-state index contributed by atoms with van der Waals surface area (Å²) >= 11 is 0. The number of aryl methyl sites for hydroxylation is 2. The molecule has 3 aromatic rings. The molecule has 1 saturated heterocycles. The molecule has 0 spiro atoms. The van der Waals surface area contributed by atoms with E-state index in [1.54, 1.807) is 0 Å². The Morgan fingerprint density at radius 3 is 2.47 bits per heavy atom. The first-order valence-electron chi connectivity index (χ1n) is 12.4. The van der Waals surface area contributed by atoms with E-state index in [0.29, 0.717) is 18.2 Å². The van der Waals surface area contributed by atoms with Crippen molar-refractivity contribution in [3.8, 4) is 0 Å². The summed E-state index contributed by atoms with van der Waals surface area (Å²) in [5, 5.41) is 12.5. The van der Waals surface area contributed by atoms with E-state index in [4.69, 9.17) is 9.72 Å².